The molecule has 0 amide bonds. The quantitative estimate of drug-likeness (QED) is 0.347. The van der Waals surface area contributed by atoms with Crippen LogP contribution in [0.1, 0.15) is 30.1 Å². The Morgan fingerprint density at radius 3 is 2.62 bits per heavy atom. The van der Waals surface area contributed by atoms with Crippen molar-refractivity contribution in [1.29, 1.82) is 0 Å². The lowest BCUT2D eigenvalue weighted by Gasteiger charge is -2.05. The molecule has 0 aliphatic carbocycles. The topological polar surface area (TPSA) is 46.5 Å². The smallest absolute Gasteiger partial charge is 0.188 e. The molecule has 0 aliphatic heterocycles. The number of rotatable bonds is 6. The molecule has 0 spiro atoms. The first-order chi connectivity index (χ1) is 7.77. The predicted molar refractivity (Wildman–Crippen MR) is 62.9 cm³/mol. The predicted octanol–water partition coefficient (Wildman–Crippen LogP) is 3.12. The lowest BCUT2D eigenvalue weighted by Crippen LogP contribution is -1.98. The van der Waals surface area contributed by atoms with Crippen LogP contribution in [0, 0.1) is 0 Å². The third-order valence-corrected chi connectivity index (χ3v) is 2.13. The normalized spacial score (nSPS) is 10.6. The van der Waals surface area contributed by atoms with Crippen molar-refractivity contribution in [1.82, 2.24) is 0 Å². The molecular weight excluding hydrogens is 204 g/mol. The van der Waals surface area contributed by atoms with Crippen LogP contribution in [0.3, 0.4) is 0 Å². The number of hydrogen-bond acceptors (Lipinski definition) is 3. The number of ether oxygens (including phenoxy) is 1. The van der Waals surface area contributed by atoms with Crippen LogP contribution in [0.25, 0.3) is 0 Å². The molecule has 0 bridgehead atoms. The van der Waals surface area contributed by atoms with Crippen LogP contribution >= 0.6 is 0 Å². The Labute approximate surface area is 95.4 Å². The first-order valence-electron chi connectivity index (χ1n) is 5.36. The minimum atomic E-state index is -0.220. The summed E-state index contributed by atoms with van der Waals surface area (Å²) in [5.41, 5.74) is 0.535. The van der Waals surface area contributed by atoms with Gasteiger partial charge in [0.15, 0.2) is 5.78 Å². The van der Waals surface area contributed by atoms with E-state index >= 15 is 0 Å². The molecule has 16 heavy (non-hydrogen) atoms. The Balaban J connectivity index is 2.57. The highest BCUT2D eigenvalue weighted by molar-refractivity contribution is 6.04. The zero-order valence-corrected chi connectivity index (χ0v) is 9.35. The lowest BCUT2D eigenvalue weighted by atomic mass is 10.1. The van der Waals surface area contributed by atoms with Crippen molar-refractivity contribution in [2.24, 2.45) is 0 Å². The monoisotopic (exact) mass is 220 g/mol. The summed E-state index contributed by atoms with van der Waals surface area (Å²) in [6.45, 7) is 2.80. The van der Waals surface area contributed by atoms with Crippen LogP contribution in [0.2, 0.25) is 0 Å². The summed E-state index contributed by atoms with van der Waals surface area (Å²) in [6.07, 6.45) is 3.98. The highest BCUT2D eigenvalue weighted by atomic mass is 16.5. The van der Waals surface area contributed by atoms with Gasteiger partial charge in [-0.15, -0.1) is 0 Å². The molecule has 0 atom stereocenters. The molecule has 3 heteroatoms. The Morgan fingerprint density at radius 1 is 1.38 bits per heavy atom. The third kappa shape index (κ3) is 3.77. The number of benzene rings is 1. The summed E-state index contributed by atoms with van der Waals surface area (Å²) >= 11 is 0. The van der Waals surface area contributed by atoms with Gasteiger partial charge in [0, 0.05) is 11.6 Å². The van der Waals surface area contributed by atoms with Gasteiger partial charge in [-0.2, -0.15) is 0 Å². The fraction of sp³-hybridized carbons (Fsp3) is 0.308. The van der Waals surface area contributed by atoms with E-state index in [1.165, 1.54) is 0 Å². The highest BCUT2D eigenvalue weighted by Crippen LogP contribution is 2.13. The zero-order chi connectivity index (χ0) is 11.8. The van der Waals surface area contributed by atoms with Crippen molar-refractivity contribution in [2.75, 3.05) is 6.61 Å². The molecule has 1 rings (SSSR count). The molecule has 0 saturated heterocycles. The Bertz CT molecular complexity index is 352. The molecule has 0 saturated carbocycles. The molecule has 0 unspecified atom stereocenters. The molecule has 1 N–H and O–H groups in total. The maximum Gasteiger partial charge on any atom is 0.188 e. The fourth-order valence-electron chi connectivity index (χ4n) is 1.21. The summed E-state index contributed by atoms with van der Waals surface area (Å²) in [5.74, 6) is 0.542. The number of hydrogen-bond donors (Lipinski definition) is 1. The van der Waals surface area contributed by atoms with Crippen LogP contribution in [0.5, 0.6) is 5.75 Å². The van der Waals surface area contributed by atoms with Crippen molar-refractivity contribution < 1.29 is 14.6 Å². The molecule has 0 radical (unpaired) electrons. The second kappa shape index (κ2) is 6.67. The van der Waals surface area contributed by atoms with Crippen molar-refractivity contribution in [3.05, 3.63) is 42.2 Å². The molecule has 3 nitrogen and oxygen atoms in total. The summed E-state index contributed by atoms with van der Waals surface area (Å²) in [7, 11) is 0. The van der Waals surface area contributed by atoms with Crippen molar-refractivity contribution >= 4 is 5.78 Å². The fourth-order valence-corrected chi connectivity index (χ4v) is 1.21. The third-order valence-electron chi connectivity index (χ3n) is 2.13. The summed E-state index contributed by atoms with van der Waals surface area (Å²) in [5, 5.41) is 8.47. The standard InChI is InChI=1S/C13H16O3/c1-2-3-10-16-12-6-4-11(5-7-12)13(15)8-9-14/h4-9,14H,2-3,10H2,1H3/b9-8-. The largest absolute Gasteiger partial charge is 0.515 e. The highest BCUT2D eigenvalue weighted by Gasteiger charge is 2.01. The molecule has 0 fully saturated rings. The van der Waals surface area contributed by atoms with Crippen LogP contribution in [0.15, 0.2) is 36.6 Å². The van der Waals surface area contributed by atoms with E-state index in [4.69, 9.17) is 9.84 Å². The molecule has 1 aromatic carbocycles. The van der Waals surface area contributed by atoms with Gasteiger partial charge in [0.25, 0.3) is 0 Å². The van der Waals surface area contributed by atoms with E-state index in [0.717, 1.165) is 30.9 Å². The second-order valence-corrected chi connectivity index (χ2v) is 3.41. The SMILES string of the molecule is CCCCOc1ccc(C(=O)/C=C\O)cc1. The summed E-state index contributed by atoms with van der Waals surface area (Å²) in [6, 6.07) is 6.88. The number of aliphatic hydroxyl groups excluding tert-OH is 1. The van der Waals surface area contributed by atoms with Gasteiger partial charge in [-0.3, -0.25) is 4.79 Å². The molecular formula is C13H16O3. The number of unbranched alkanes of at least 4 members (excludes halogenated alkanes) is 1. The van der Waals surface area contributed by atoms with Gasteiger partial charge in [-0.1, -0.05) is 13.3 Å². The van der Waals surface area contributed by atoms with E-state index in [0.29, 0.717) is 12.2 Å². The first-order valence-corrected chi connectivity index (χ1v) is 5.36. The Hall–Kier alpha value is -1.77. The van der Waals surface area contributed by atoms with Gasteiger partial charge in [0.05, 0.1) is 12.9 Å². The van der Waals surface area contributed by atoms with Crippen molar-refractivity contribution in [3.8, 4) is 5.75 Å². The second-order valence-electron chi connectivity index (χ2n) is 3.41. The van der Waals surface area contributed by atoms with Gasteiger partial charge in [-0.05, 0) is 30.7 Å². The summed E-state index contributed by atoms with van der Waals surface area (Å²) < 4.78 is 5.46. The van der Waals surface area contributed by atoms with E-state index in [1.54, 1.807) is 24.3 Å². The van der Waals surface area contributed by atoms with E-state index in [-0.39, 0.29) is 5.78 Å². The summed E-state index contributed by atoms with van der Waals surface area (Å²) in [4.78, 5) is 11.3. The maximum atomic E-state index is 11.3. The molecule has 0 heterocycles. The van der Waals surface area contributed by atoms with Crippen LogP contribution in [0.4, 0.5) is 0 Å². The van der Waals surface area contributed by atoms with Gasteiger partial charge >= 0.3 is 0 Å². The van der Waals surface area contributed by atoms with Gasteiger partial charge < -0.3 is 9.84 Å². The Kier molecular flexibility index (Phi) is 5.12. The maximum absolute atomic E-state index is 11.3. The number of carbonyl (C=O) groups is 1. The average molecular weight is 220 g/mol. The van der Waals surface area contributed by atoms with Crippen LogP contribution < -0.4 is 4.74 Å². The van der Waals surface area contributed by atoms with E-state index < -0.39 is 0 Å². The van der Waals surface area contributed by atoms with Crippen LogP contribution in [-0.2, 0) is 0 Å². The molecule has 86 valence electrons. The molecule has 0 aromatic heterocycles. The zero-order valence-electron chi connectivity index (χ0n) is 9.35. The number of aliphatic hydroxyl groups is 1. The number of allylic oxidation sites excluding steroid dienone is 1. The minimum absolute atomic E-state index is 0.220. The van der Waals surface area contributed by atoms with Crippen molar-refractivity contribution in [3.63, 3.8) is 0 Å². The van der Waals surface area contributed by atoms with E-state index in [2.05, 4.69) is 6.92 Å². The van der Waals surface area contributed by atoms with E-state index in [1.807, 2.05) is 0 Å². The van der Waals surface area contributed by atoms with Crippen molar-refractivity contribution in [2.45, 2.75) is 19.8 Å². The molecule has 1 aromatic rings. The number of carbonyl (C=O) groups excluding carboxylic acids is 1. The average Bonchev–Trinajstić information content (AvgIpc) is 2.30. The lowest BCUT2D eigenvalue weighted by molar-refractivity contribution is 0.104. The first kappa shape index (κ1) is 12.3. The van der Waals surface area contributed by atoms with E-state index in [9.17, 15) is 4.79 Å². The van der Waals surface area contributed by atoms with Gasteiger partial charge in [-0.25, -0.2) is 0 Å². The minimum Gasteiger partial charge on any atom is -0.515 e. The van der Waals surface area contributed by atoms with Gasteiger partial charge in [0.1, 0.15) is 5.75 Å². The van der Waals surface area contributed by atoms with Gasteiger partial charge in [0.2, 0.25) is 0 Å². The van der Waals surface area contributed by atoms with Crippen LogP contribution in [-0.4, -0.2) is 17.5 Å². The number of ketones is 1. The molecule has 0 aliphatic rings. The Morgan fingerprint density at radius 2 is 2.06 bits per heavy atom.